The second-order valence-corrected chi connectivity index (χ2v) is 4.09. The molecule has 2 rings (SSSR count). The van der Waals surface area contributed by atoms with Gasteiger partial charge < -0.3 is 21.9 Å². The van der Waals surface area contributed by atoms with Gasteiger partial charge in [0.1, 0.15) is 5.52 Å². The van der Waals surface area contributed by atoms with E-state index in [4.69, 9.17) is 16.6 Å². The van der Waals surface area contributed by atoms with Gasteiger partial charge in [-0.05, 0) is 12.1 Å². The summed E-state index contributed by atoms with van der Waals surface area (Å²) in [5.74, 6) is 0. The number of rotatable bonds is 3. The van der Waals surface area contributed by atoms with Crippen LogP contribution in [0.25, 0.3) is 10.2 Å². The Labute approximate surface area is 90.7 Å². The number of aromatic nitrogens is 1. The summed E-state index contributed by atoms with van der Waals surface area (Å²) in [5, 5.41) is 12.4. The minimum atomic E-state index is 0.0703. The third-order valence-electron chi connectivity index (χ3n) is 1.99. The number of aliphatic hydroxyl groups is 1. The van der Waals surface area contributed by atoms with Crippen LogP contribution in [0.2, 0.25) is 0 Å². The first-order valence-corrected chi connectivity index (χ1v) is 5.33. The molecular formula is C9H12N4OS. The summed E-state index contributed by atoms with van der Waals surface area (Å²) in [7, 11) is 0. The van der Waals surface area contributed by atoms with E-state index in [1.54, 1.807) is 12.1 Å². The van der Waals surface area contributed by atoms with Crippen LogP contribution in [0, 0.1) is 0 Å². The molecule has 6 heteroatoms. The van der Waals surface area contributed by atoms with E-state index in [0.717, 1.165) is 15.3 Å². The molecule has 0 amide bonds. The molecule has 0 radical (unpaired) electrons. The third-order valence-corrected chi connectivity index (χ3v) is 3.06. The molecule has 1 aromatic carbocycles. The summed E-state index contributed by atoms with van der Waals surface area (Å²) >= 11 is 1.44. The lowest BCUT2D eigenvalue weighted by molar-refractivity contribution is 0.311. The predicted octanol–water partition coefficient (Wildman–Crippen LogP) is 0.865. The zero-order valence-electron chi connectivity index (χ0n) is 8.03. The molecule has 0 aliphatic carbocycles. The fourth-order valence-corrected chi connectivity index (χ4v) is 2.23. The third kappa shape index (κ3) is 1.81. The molecule has 0 aliphatic heterocycles. The number of fused-ring (bicyclic) bond motifs is 1. The summed E-state index contributed by atoms with van der Waals surface area (Å²) in [6.07, 6.45) is 0. The molecule has 6 N–H and O–H groups in total. The van der Waals surface area contributed by atoms with E-state index in [2.05, 4.69) is 10.3 Å². The van der Waals surface area contributed by atoms with Crippen LogP contribution in [0.3, 0.4) is 0 Å². The normalized spacial score (nSPS) is 10.7. The first-order valence-electron chi connectivity index (χ1n) is 4.51. The Morgan fingerprint density at radius 2 is 2.07 bits per heavy atom. The lowest BCUT2D eigenvalue weighted by Crippen LogP contribution is -2.04. The zero-order valence-corrected chi connectivity index (χ0v) is 8.84. The average Bonchev–Trinajstić information content (AvgIpc) is 2.66. The fraction of sp³-hybridized carbons (Fsp3) is 0.222. The Kier molecular flexibility index (Phi) is 2.61. The topological polar surface area (TPSA) is 97.2 Å². The fourth-order valence-electron chi connectivity index (χ4n) is 1.28. The van der Waals surface area contributed by atoms with Gasteiger partial charge in [0.05, 0.1) is 22.7 Å². The Bertz CT molecular complexity index is 443. The van der Waals surface area contributed by atoms with Crippen molar-refractivity contribution in [1.29, 1.82) is 0 Å². The van der Waals surface area contributed by atoms with Gasteiger partial charge in [0.25, 0.3) is 0 Å². The molecule has 0 spiro atoms. The summed E-state index contributed by atoms with van der Waals surface area (Å²) in [4.78, 5) is 4.30. The molecule has 0 fully saturated rings. The summed E-state index contributed by atoms with van der Waals surface area (Å²) in [5.41, 5.74) is 13.6. The maximum absolute atomic E-state index is 8.68. The quantitative estimate of drug-likeness (QED) is 0.580. The van der Waals surface area contributed by atoms with E-state index in [1.807, 2.05) is 0 Å². The molecule has 1 aromatic heterocycles. The number of nitrogens with one attached hydrogen (secondary N) is 1. The van der Waals surface area contributed by atoms with Crippen molar-refractivity contribution in [3.05, 3.63) is 12.1 Å². The van der Waals surface area contributed by atoms with Gasteiger partial charge >= 0.3 is 0 Å². The van der Waals surface area contributed by atoms with Crippen molar-refractivity contribution >= 4 is 38.1 Å². The highest BCUT2D eigenvalue weighted by Gasteiger charge is 2.08. The van der Waals surface area contributed by atoms with Gasteiger partial charge in [0.15, 0.2) is 5.13 Å². The zero-order chi connectivity index (χ0) is 10.8. The number of aliphatic hydroxyl groups excluding tert-OH is 1. The second kappa shape index (κ2) is 3.92. The minimum Gasteiger partial charge on any atom is -0.398 e. The molecule has 2 aromatic rings. The van der Waals surface area contributed by atoms with Crippen molar-refractivity contribution in [2.24, 2.45) is 0 Å². The summed E-state index contributed by atoms with van der Waals surface area (Å²) in [6, 6.07) is 3.51. The maximum atomic E-state index is 8.68. The van der Waals surface area contributed by atoms with Gasteiger partial charge in [-0.25, -0.2) is 4.98 Å². The first-order chi connectivity index (χ1) is 7.22. The summed E-state index contributed by atoms with van der Waals surface area (Å²) < 4.78 is 0.885. The standard InChI is InChI=1S/C9H12N4OS/c10-5-1-2-6(11)8-7(5)13-9(15-8)12-3-4-14/h1-2,14H,3-4,10-11H2,(H,12,13). The Morgan fingerprint density at radius 3 is 2.73 bits per heavy atom. The van der Waals surface area contributed by atoms with Crippen LogP contribution in [0.4, 0.5) is 16.5 Å². The molecule has 1 heterocycles. The molecular weight excluding hydrogens is 212 g/mol. The largest absolute Gasteiger partial charge is 0.398 e. The molecule has 0 saturated heterocycles. The van der Waals surface area contributed by atoms with Gasteiger partial charge in [-0.3, -0.25) is 0 Å². The van der Waals surface area contributed by atoms with Crippen molar-refractivity contribution < 1.29 is 5.11 Å². The molecule has 15 heavy (non-hydrogen) atoms. The predicted molar refractivity (Wildman–Crippen MR) is 64.0 cm³/mol. The highest BCUT2D eigenvalue weighted by molar-refractivity contribution is 7.22. The number of thiazole rings is 1. The Hall–Kier alpha value is -1.53. The van der Waals surface area contributed by atoms with Crippen LogP contribution in [0.1, 0.15) is 0 Å². The highest BCUT2D eigenvalue weighted by Crippen LogP contribution is 2.33. The van der Waals surface area contributed by atoms with Gasteiger partial charge in [-0.2, -0.15) is 0 Å². The summed E-state index contributed by atoms with van der Waals surface area (Å²) in [6.45, 7) is 0.542. The minimum absolute atomic E-state index is 0.0703. The van der Waals surface area contributed by atoms with Crippen molar-refractivity contribution in [3.8, 4) is 0 Å². The van der Waals surface area contributed by atoms with Crippen LogP contribution < -0.4 is 16.8 Å². The van der Waals surface area contributed by atoms with Gasteiger partial charge in [-0.1, -0.05) is 11.3 Å². The number of nitrogen functional groups attached to an aromatic ring is 2. The number of nitrogens with two attached hydrogens (primary N) is 2. The molecule has 5 nitrogen and oxygen atoms in total. The van der Waals surface area contributed by atoms with Crippen molar-refractivity contribution in [3.63, 3.8) is 0 Å². The van der Waals surface area contributed by atoms with Crippen LogP contribution in [0.15, 0.2) is 12.1 Å². The Morgan fingerprint density at radius 1 is 1.33 bits per heavy atom. The van der Waals surface area contributed by atoms with Crippen LogP contribution in [0.5, 0.6) is 0 Å². The van der Waals surface area contributed by atoms with Gasteiger partial charge in [0, 0.05) is 6.54 Å². The highest BCUT2D eigenvalue weighted by atomic mass is 32.1. The number of hydrogen-bond acceptors (Lipinski definition) is 6. The number of nitrogens with zero attached hydrogens (tertiary/aromatic N) is 1. The lowest BCUT2D eigenvalue weighted by Gasteiger charge is -1.96. The molecule has 0 unspecified atom stereocenters. The van der Waals surface area contributed by atoms with Crippen molar-refractivity contribution in [2.45, 2.75) is 0 Å². The van der Waals surface area contributed by atoms with Crippen LogP contribution in [-0.4, -0.2) is 23.2 Å². The average molecular weight is 224 g/mol. The van der Waals surface area contributed by atoms with E-state index in [0.29, 0.717) is 17.9 Å². The number of anilines is 3. The van der Waals surface area contributed by atoms with E-state index in [9.17, 15) is 0 Å². The lowest BCUT2D eigenvalue weighted by atomic mass is 10.2. The molecule has 0 aliphatic rings. The number of benzene rings is 1. The SMILES string of the molecule is Nc1ccc(N)c2sc(NCCO)nc12. The van der Waals surface area contributed by atoms with Crippen LogP contribution in [-0.2, 0) is 0 Å². The van der Waals surface area contributed by atoms with Gasteiger partial charge in [0.2, 0.25) is 0 Å². The molecule has 0 atom stereocenters. The Balaban J connectivity index is 2.45. The molecule has 80 valence electrons. The monoisotopic (exact) mass is 224 g/mol. The van der Waals surface area contributed by atoms with Gasteiger partial charge in [-0.15, -0.1) is 0 Å². The van der Waals surface area contributed by atoms with Crippen molar-refractivity contribution in [1.82, 2.24) is 4.98 Å². The number of hydrogen-bond donors (Lipinski definition) is 4. The second-order valence-electron chi connectivity index (χ2n) is 3.09. The molecule has 0 bridgehead atoms. The van der Waals surface area contributed by atoms with E-state index in [1.165, 1.54) is 11.3 Å². The van der Waals surface area contributed by atoms with E-state index < -0.39 is 0 Å². The van der Waals surface area contributed by atoms with E-state index >= 15 is 0 Å². The van der Waals surface area contributed by atoms with Crippen molar-refractivity contribution in [2.75, 3.05) is 29.9 Å². The van der Waals surface area contributed by atoms with E-state index in [-0.39, 0.29) is 6.61 Å². The molecule has 0 saturated carbocycles. The maximum Gasteiger partial charge on any atom is 0.184 e. The first kappa shape index (κ1) is 10.0. The smallest absolute Gasteiger partial charge is 0.184 e. The van der Waals surface area contributed by atoms with Crippen LogP contribution >= 0.6 is 11.3 Å².